The third kappa shape index (κ3) is 4.34. The molecule has 23 heavy (non-hydrogen) atoms. The molecule has 0 radical (unpaired) electrons. The van der Waals surface area contributed by atoms with E-state index in [2.05, 4.69) is 0 Å². The minimum atomic E-state index is -4.32. The predicted molar refractivity (Wildman–Crippen MR) is 78.5 cm³/mol. The van der Waals surface area contributed by atoms with Crippen molar-refractivity contribution in [2.45, 2.75) is 11.5 Å². The largest absolute Gasteiger partial charge is 0.457 e. The fourth-order valence-corrected chi connectivity index (χ4v) is 2.19. The van der Waals surface area contributed by atoms with Crippen LogP contribution in [0, 0.1) is 10.1 Å². The average molecular weight is 337 g/mol. The van der Waals surface area contributed by atoms with Crippen molar-refractivity contribution in [1.82, 2.24) is 0 Å². The summed E-state index contributed by atoms with van der Waals surface area (Å²) in [5.41, 5.74) is 0.610. The average Bonchev–Trinajstić information content (AvgIpc) is 2.52. The summed E-state index contributed by atoms with van der Waals surface area (Å²) < 4.78 is 35.6. The Bertz CT molecular complexity index is 826. The maximum absolute atomic E-state index is 11.8. The van der Waals surface area contributed by atoms with E-state index in [-0.39, 0.29) is 22.8 Å². The highest BCUT2D eigenvalue weighted by Gasteiger charge is 2.12. The van der Waals surface area contributed by atoms with E-state index in [1.165, 1.54) is 36.4 Å². The van der Waals surface area contributed by atoms with Crippen LogP contribution in [0.15, 0.2) is 53.4 Å². The Morgan fingerprint density at radius 1 is 1.09 bits per heavy atom. The van der Waals surface area contributed by atoms with E-state index < -0.39 is 21.0 Å². The molecule has 1 N–H and O–H groups in total. The fourth-order valence-electron chi connectivity index (χ4n) is 1.71. The van der Waals surface area contributed by atoms with Crippen LogP contribution in [0.3, 0.4) is 0 Å². The molecule has 0 aliphatic heterocycles. The van der Waals surface area contributed by atoms with Gasteiger partial charge in [0.2, 0.25) is 0 Å². The molecule has 2 rings (SSSR count). The number of ether oxygens (including phenoxy) is 1. The van der Waals surface area contributed by atoms with Crippen molar-refractivity contribution in [1.29, 1.82) is 0 Å². The first-order valence-electron chi connectivity index (χ1n) is 6.25. The second kappa shape index (κ2) is 6.55. The van der Waals surface area contributed by atoms with Crippen LogP contribution in [-0.2, 0) is 21.5 Å². The molecule has 0 aliphatic rings. The zero-order valence-corrected chi connectivity index (χ0v) is 12.4. The Morgan fingerprint density at radius 3 is 2.13 bits per heavy atom. The van der Waals surface area contributed by atoms with Crippen molar-refractivity contribution < 1.29 is 27.4 Å². The van der Waals surface area contributed by atoms with Gasteiger partial charge >= 0.3 is 5.97 Å². The molecule has 2 aromatic carbocycles. The van der Waals surface area contributed by atoms with Crippen LogP contribution in [0.25, 0.3) is 0 Å². The molecule has 120 valence electrons. The lowest BCUT2D eigenvalue weighted by atomic mass is 10.2. The van der Waals surface area contributed by atoms with Crippen molar-refractivity contribution in [2.24, 2.45) is 0 Å². The minimum Gasteiger partial charge on any atom is -0.457 e. The normalized spacial score (nSPS) is 11.0. The SMILES string of the molecule is O=C(OCc1ccc([N+](=O)[O-])cc1)c1ccc(S(=O)(=O)O)cc1. The van der Waals surface area contributed by atoms with Gasteiger partial charge in [-0.05, 0) is 42.0 Å². The van der Waals surface area contributed by atoms with Crippen molar-refractivity contribution in [3.63, 3.8) is 0 Å². The van der Waals surface area contributed by atoms with Crippen molar-refractivity contribution in [3.05, 3.63) is 69.8 Å². The lowest BCUT2D eigenvalue weighted by Crippen LogP contribution is -2.06. The van der Waals surface area contributed by atoms with Crippen LogP contribution >= 0.6 is 0 Å². The van der Waals surface area contributed by atoms with Crippen LogP contribution in [0.1, 0.15) is 15.9 Å². The monoisotopic (exact) mass is 337 g/mol. The number of esters is 1. The summed E-state index contributed by atoms with van der Waals surface area (Å²) in [5, 5.41) is 10.5. The smallest absolute Gasteiger partial charge is 0.338 e. The highest BCUT2D eigenvalue weighted by atomic mass is 32.2. The van der Waals surface area contributed by atoms with Gasteiger partial charge in [-0.2, -0.15) is 8.42 Å². The molecule has 0 amide bonds. The van der Waals surface area contributed by atoms with Gasteiger partial charge in [-0.15, -0.1) is 0 Å². The molecule has 0 aromatic heterocycles. The highest BCUT2D eigenvalue weighted by Crippen LogP contribution is 2.14. The van der Waals surface area contributed by atoms with E-state index in [4.69, 9.17) is 9.29 Å². The number of nitro groups is 1. The topological polar surface area (TPSA) is 124 Å². The molecule has 0 spiro atoms. The van der Waals surface area contributed by atoms with Gasteiger partial charge in [0.1, 0.15) is 6.61 Å². The van der Waals surface area contributed by atoms with Crippen LogP contribution in [0.4, 0.5) is 5.69 Å². The summed E-state index contributed by atoms with van der Waals surface area (Å²) in [7, 11) is -4.32. The summed E-state index contributed by atoms with van der Waals surface area (Å²) >= 11 is 0. The summed E-state index contributed by atoms with van der Waals surface area (Å²) in [6.45, 7) is -0.0864. The van der Waals surface area contributed by atoms with E-state index in [1.54, 1.807) is 0 Å². The number of carbonyl (C=O) groups is 1. The standard InChI is InChI=1S/C14H11NO7S/c16-14(11-3-7-13(8-4-11)23(19,20)21)22-9-10-1-5-12(6-2-10)15(17)18/h1-8H,9H2,(H,19,20,21). The predicted octanol–water partition coefficient (Wildman–Crippen LogP) is 2.20. The van der Waals surface area contributed by atoms with Gasteiger partial charge < -0.3 is 4.74 Å². The number of benzene rings is 2. The van der Waals surface area contributed by atoms with Crippen molar-refractivity contribution in [2.75, 3.05) is 0 Å². The number of non-ortho nitro benzene ring substituents is 1. The van der Waals surface area contributed by atoms with Gasteiger partial charge in [0.25, 0.3) is 15.8 Å². The van der Waals surface area contributed by atoms with E-state index in [1.807, 2.05) is 0 Å². The Balaban J connectivity index is 2.00. The van der Waals surface area contributed by atoms with Gasteiger partial charge in [0, 0.05) is 12.1 Å². The van der Waals surface area contributed by atoms with E-state index in [0.29, 0.717) is 5.56 Å². The molecule has 0 aliphatic carbocycles. The quantitative estimate of drug-likeness (QED) is 0.384. The Hall–Kier alpha value is -2.78. The summed E-state index contributed by atoms with van der Waals surface area (Å²) in [6.07, 6.45) is 0. The minimum absolute atomic E-state index is 0.0686. The highest BCUT2D eigenvalue weighted by molar-refractivity contribution is 7.85. The zero-order valence-electron chi connectivity index (χ0n) is 11.6. The first kappa shape index (κ1) is 16.6. The second-order valence-electron chi connectivity index (χ2n) is 4.50. The molecule has 9 heteroatoms. The number of hydrogen-bond donors (Lipinski definition) is 1. The Morgan fingerprint density at radius 2 is 1.65 bits per heavy atom. The number of hydrogen-bond acceptors (Lipinski definition) is 6. The number of nitro benzene ring substituents is 1. The van der Waals surface area contributed by atoms with Gasteiger partial charge in [-0.1, -0.05) is 0 Å². The number of carbonyl (C=O) groups excluding carboxylic acids is 1. The summed E-state index contributed by atoms with van der Waals surface area (Å²) in [5.74, 6) is -0.690. The van der Waals surface area contributed by atoms with E-state index in [0.717, 1.165) is 12.1 Å². The van der Waals surface area contributed by atoms with Crippen molar-refractivity contribution >= 4 is 21.8 Å². The zero-order chi connectivity index (χ0) is 17.0. The summed E-state index contributed by atoms with van der Waals surface area (Å²) in [4.78, 5) is 21.5. The molecule has 0 unspecified atom stereocenters. The number of rotatable bonds is 5. The molecule has 0 saturated heterocycles. The molecule has 0 bridgehead atoms. The fraction of sp³-hybridized carbons (Fsp3) is 0.0714. The molecule has 0 saturated carbocycles. The summed E-state index contributed by atoms with van der Waals surface area (Å²) in [6, 6.07) is 10.1. The Kier molecular flexibility index (Phi) is 4.72. The molecule has 0 fully saturated rings. The van der Waals surface area contributed by atoms with E-state index in [9.17, 15) is 23.3 Å². The van der Waals surface area contributed by atoms with Gasteiger partial charge in [0.15, 0.2) is 0 Å². The molecule has 2 aromatic rings. The van der Waals surface area contributed by atoms with Crippen LogP contribution in [0.5, 0.6) is 0 Å². The lowest BCUT2D eigenvalue weighted by molar-refractivity contribution is -0.384. The third-order valence-electron chi connectivity index (χ3n) is 2.90. The maximum Gasteiger partial charge on any atom is 0.338 e. The maximum atomic E-state index is 11.8. The van der Waals surface area contributed by atoms with Crippen LogP contribution in [-0.4, -0.2) is 23.9 Å². The Labute approximate surface area is 131 Å². The first-order valence-corrected chi connectivity index (χ1v) is 7.69. The van der Waals surface area contributed by atoms with Crippen LogP contribution < -0.4 is 0 Å². The number of nitrogens with zero attached hydrogens (tertiary/aromatic N) is 1. The van der Waals surface area contributed by atoms with Gasteiger partial charge in [-0.25, -0.2) is 4.79 Å². The van der Waals surface area contributed by atoms with Crippen LogP contribution in [0.2, 0.25) is 0 Å². The first-order chi connectivity index (χ1) is 10.8. The van der Waals surface area contributed by atoms with Gasteiger partial charge in [-0.3, -0.25) is 14.7 Å². The second-order valence-corrected chi connectivity index (χ2v) is 5.92. The lowest BCUT2D eigenvalue weighted by Gasteiger charge is -2.05. The third-order valence-corrected chi connectivity index (χ3v) is 3.77. The molecular weight excluding hydrogens is 326 g/mol. The van der Waals surface area contributed by atoms with Crippen molar-refractivity contribution in [3.8, 4) is 0 Å². The molecular formula is C14H11NO7S. The molecule has 0 heterocycles. The van der Waals surface area contributed by atoms with E-state index >= 15 is 0 Å². The van der Waals surface area contributed by atoms with Gasteiger partial charge in [0.05, 0.1) is 15.4 Å². The molecule has 0 atom stereocenters. The molecule has 8 nitrogen and oxygen atoms in total.